The first-order valence-corrected chi connectivity index (χ1v) is 8.38. The van der Waals surface area contributed by atoms with Crippen LogP contribution in [0.1, 0.15) is 30.4 Å². The van der Waals surface area contributed by atoms with E-state index in [0.717, 1.165) is 23.7 Å². The fraction of sp³-hybridized carbons (Fsp3) is 0.294. The first-order valence-electron chi connectivity index (χ1n) is 7.58. The van der Waals surface area contributed by atoms with E-state index in [-0.39, 0.29) is 16.7 Å². The highest BCUT2D eigenvalue weighted by Gasteiger charge is 2.38. The summed E-state index contributed by atoms with van der Waals surface area (Å²) in [6, 6.07) is 11.5. The van der Waals surface area contributed by atoms with Crippen LogP contribution in [0, 0.1) is 21.4 Å². The minimum atomic E-state index is -0.549. The Morgan fingerprint density at radius 3 is 2.62 bits per heavy atom. The Kier molecular flexibility index (Phi) is 4.49. The van der Waals surface area contributed by atoms with Gasteiger partial charge in [0.15, 0.2) is 0 Å². The van der Waals surface area contributed by atoms with Gasteiger partial charge in [-0.05, 0) is 30.5 Å². The summed E-state index contributed by atoms with van der Waals surface area (Å²) in [4.78, 5) is 14.3. The molecule has 122 valence electrons. The second kappa shape index (κ2) is 6.57. The highest BCUT2D eigenvalue weighted by molar-refractivity contribution is 9.10. The molecule has 1 aliphatic carbocycles. The first kappa shape index (κ1) is 16.4. The van der Waals surface area contributed by atoms with Crippen molar-refractivity contribution in [3.05, 3.63) is 62.2 Å². The molecule has 0 amide bonds. The highest BCUT2D eigenvalue weighted by Crippen LogP contribution is 2.44. The molecule has 1 aromatic heterocycles. The molecule has 0 radical (unpaired) electrons. The van der Waals surface area contributed by atoms with Gasteiger partial charge in [0.1, 0.15) is 23.6 Å². The fourth-order valence-corrected chi connectivity index (χ4v) is 3.27. The molecule has 0 spiro atoms. The standard InChI is InChI=1S/C17H15BrN4O2/c18-14-4-2-13(3-5-14)17(6-1-7-17)11-21-16-12(9-19)8-15(10-20-16)22(23)24/h2-5,8,10H,1,6-7,11H2,(H,20,21). The van der Waals surface area contributed by atoms with E-state index in [1.807, 2.05) is 18.2 Å². The second-order valence-corrected chi connectivity index (χ2v) is 6.87. The highest BCUT2D eigenvalue weighted by atomic mass is 79.9. The van der Waals surface area contributed by atoms with Crippen LogP contribution >= 0.6 is 15.9 Å². The minimum Gasteiger partial charge on any atom is -0.368 e. The summed E-state index contributed by atoms with van der Waals surface area (Å²) in [5.41, 5.74) is 1.29. The maximum atomic E-state index is 10.8. The number of hydrogen-bond acceptors (Lipinski definition) is 5. The third-order valence-corrected chi connectivity index (χ3v) is 5.09. The van der Waals surface area contributed by atoms with Crippen LogP contribution in [0.2, 0.25) is 0 Å². The Bertz CT molecular complexity index is 810. The van der Waals surface area contributed by atoms with E-state index in [9.17, 15) is 15.4 Å². The van der Waals surface area contributed by atoms with Crippen molar-refractivity contribution in [3.63, 3.8) is 0 Å². The average Bonchev–Trinajstić information content (AvgIpc) is 2.55. The molecule has 1 fully saturated rings. The van der Waals surface area contributed by atoms with Gasteiger partial charge in [0.05, 0.1) is 4.92 Å². The largest absolute Gasteiger partial charge is 0.368 e. The van der Waals surface area contributed by atoms with Gasteiger partial charge >= 0.3 is 0 Å². The molecule has 1 aromatic carbocycles. The summed E-state index contributed by atoms with van der Waals surface area (Å²) in [6.45, 7) is 0.647. The van der Waals surface area contributed by atoms with E-state index >= 15 is 0 Å². The third-order valence-electron chi connectivity index (χ3n) is 4.57. The molecule has 0 saturated heterocycles. The van der Waals surface area contributed by atoms with E-state index in [2.05, 4.69) is 38.4 Å². The Morgan fingerprint density at radius 1 is 1.38 bits per heavy atom. The number of pyridine rings is 1. The molecule has 0 aliphatic heterocycles. The van der Waals surface area contributed by atoms with Crippen LogP contribution < -0.4 is 5.32 Å². The molecule has 0 unspecified atom stereocenters. The lowest BCUT2D eigenvalue weighted by Crippen LogP contribution is -2.41. The SMILES string of the molecule is N#Cc1cc([N+](=O)[O-])cnc1NCC1(c2ccc(Br)cc2)CCC1. The lowest BCUT2D eigenvalue weighted by molar-refractivity contribution is -0.385. The van der Waals surface area contributed by atoms with Gasteiger partial charge in [-0.1, -0.05) is 34.5 Å². The summed E-state index contributed by atoms with van der Waals surface area (Å²) in [7, 11) is 0. The minimum absolute atomic E-state index is 0.0247. The van der Waals surface area contributed by atoms with Crippen LogP contribution in [0.25, 0.3) is 0 Å². The van der Waals surface area contributed by atoms with Crippen molar-refractivity contribution in [2.45, 2.75) is 24.7 Å². The lowest BCUT2D eigenvalue weighted by atomic mass is 9.64. The van der Waals surface area contributed by atoms with Crippen LogP contribution in [0.4, 0.5) is 11.5 Å². The van der Waals surface area contributed by atoms with Crippen molar-refractivity contribution in [1.29, 1.82) is 5.26 Å². The molecule has 7 heteroatoms. The van der Waals surface area contributed by atoms with Gasteiger partial charge in [-0.3, -0.25) is 10.1 Å². The van der Waals surface area contributed by atoms with Crippen LogP contribution in [-0.2, 0) is 5.41 Å². The summed E-state index contributed by atoms with van der Waals surface area (Å²) >= 11 is 3.45. The summed E-state index contributed by atoms with van der Waals surface area (Å²) in [5.74, 6) is 0.395. The molecular formula is C17H15BrN4O2. The summed E-state index contributed by atoms with van der Waals surface area (Å²) in [6.07, 6.45) is 4.47. The number of nitriles is 1. The molecule has 0 atom stereocenters. The van der Waals surface area contributed by atoms with Crippen molar-refractivity contribution in [2.75, 3.05) is 11.9 Å². The number of rotatable bonds is 5. The predicted octanol–water partition coefficient (Wildman–Crippen LogP) is 4.16. The van der Waals surface area contributed by atoms with Crippen molar-refractivity contribution in [3.8, 4) is 6.07 Å². The van der Waals surface area contributed by atoms with E-state index in [4.69, 9.17) is 0 Å². The zero-order valence-corrected chi connectivity index (χ0v) is 14.4. The molecule has 6 nitrogen and oxygen atoms in total. The Labute approximate surface area is 147 Å². The van der Waals surface area contributed by atoms with Crippen molar-refractivity contribution >= 4 is 27.4 Å². The second-order valence-electron chi connectivity index (χ2n) is 5.95. The van der Waals surface area contributed by atoms with Crippen LogP contribution in [0.15, 0.2) is 41.0 Å². The summed E-state index contributed by atoms with van der Waals surface area (Å²) < 4.78 is 1.04. The van der Waals surface area contributed by atoms with E-state index in [0.29, 0.717) is 12.4 Å². The molecule has 0 bridgehead atoms. The number of halogens is 1. The predicted molar refractivity (Wildman–Crippen MR) is 93.8 cm³/mol. The lowest BCUT2D eigenvalue weighted by Gasteiger charge is -2.42. The third kappa shape index (κ3) is 3.10. The molecule has 1 saturated carbocycles. The van der Waals surface area contributed by atoms with Crippen molar-refractivity contribution in [2.24, 2.45) is 0 Å². The number of benzene rings is 1. The zero-order valence-electron chi connectivity index (χ0n) is 12.8. The molecule has 1 N–H and O–H groups in total. The Hall–Kier alpha value is -2.46. The molecule has 1 heterocycles. The smallest absolute Gasteiger partial charge is 0.289 e. The topological polar surface area (TPSA) is 91.8 Å². The first-order chi connectivity index (χ1) is 11.5. The van der Waals surface area contributed by atoms with Crippen molar-refractivity contribution in [1.82, 2.24) is 4.98 Å². The molecule has 1 aliphatic rings. The van der Waals surface area contributed by atoms with Gasteiger partial charge in [-0.2, -0.15) is 5.26 Å². The van der Waals surface area contributed by atoms with Gasteiger partial charge in [-0.25, -0.2) is 4.98 Å². The van der Waals surface area contributed by atoms with Gasteiger partial charge in [0.2, 0.25) is 0 Å². The van der Waals surface area contributed by atoms with Gasteiger partial charge in [-0.15, -0.1) is 0 Å². The Balaban J connectivity index is 1.80. The van der Waals surface area contributed by atoms with Crippen LogP contribution in [-0.4, -0.2) is 16.5 Å². The quantitative estimate of drug-likeness (QED) is 0.615. The monoisotopic (exact) mass is 386 g/mol. The number of nitrogens with zero attached hydrogens (tertiary/aromatic N) is 3. The summed E-state index contributed by atoms with van der Waals surface area (Å²) in [5, 5.41) is 23.2. The maximum Gasteiger partial charge on any atom is 0.289 e. The average molecular weight is 387 g/mol. The number of anilines is 1. The van der Waals surface area contributed by atoms with Gasteiger partial charge in [0.25, 0.3) is 5.69 Å². The van der Waals surface area contributed by atoms with Crippen LogP contribution in [0.5, 0.6) is 0 Å². The molecule has 2 aromatic rings. The number of aromatic nitrogens is 1. The Morgan fingerprint density at radius 2 is 2.08 bits per heavy atom. The van der Waals surface area contributed by atoms with Crippen molar-refractivity contribution < 1.29 is 4.92 Å². The van der Waals surface area contributed by atoms with Crippen LogP contribution in [0.3, 0.4) is 0 Å². The fourth-order valence-electron chi connectivity index (χ4n) is 3.01. The maximum absolute atomic E-state index is 10.8. The molecular weight excluding hydrogens is 372 g/mol. The van der Waals surface area contributed by atoms with E-state index in [1.54, 1.807) is 0 Å². The number of nitro groups is 1. The number of hydrogen-bond donors (Lipinski definition) is 1. The molecule has 3 rings (SSSR count). The zero-order chi connectivity index (χ0) is 17.2. The van der Waals surface area contributed by atoms with Gasteiger partial charge in [0, 0.05) is 22.5 Å². The number of nitrogens with one attached hydrogen (secondary N) is 1. The van der Waals surface area contributed by atoms with Gasteiger partial charge < -0.3 is 5.32 Å². The molecule has 24 heavy (non-hydrogen) atoms. The van der Waals surface area contributed by atoms with E-state index in [1.165, 1.54) is 17.8 Å². The normalized spacial score (nSPS) is 15.2. The van der Waals surface area contributed by atoms with E-state index < -0.39 is 4.92 Å².